The molecule has 20 heavy (non-hydrogen) atoms. The number of nitrogens with zero attached hydrogens (tertiary/aromatic N) is 2. The van der Waals surface area contributed by atoms with Gasteiger partial charge in [0.25, 0.3) is 0 Å². The Morgan fingerprint density at radius 2 is 2.10 bits per heavy atom. The average molecular weight is 334 g/mol. The molecule has 1 aromatic heterocycles. The molecule has 0 aliphatic carbocycles. The molecule has 2 rings (SSSR count). The highest BCUT2D eigenvalue weighted by molar-refractivity contribution is 9.10. The van der Waals surface area contributed by atoms with Gasteiger partial charge < -0.3 is 10.1 Å². The Labute approximate surface area is 124 Å². The van der Waals surface area contributed by atoms with Gasteiger partial charge in [-0.25, -0.2) is 9.97 Å². The molecule has 102 valence electrons. The van der Waals surface area contributed by atoms with E-state index in [9.17, 15) is 4.79 Å². The molecule has 1 heterocycles. The predicted molar refractivity (Wildman–Crippen MR) is 79.8 cm³/mol. The maximum Gasteiger partial charge on any atom is 0.321 e. The molecular formula is C14H12BrN3O2. The number of hydrogen-bond acceptors (Lipinski definition) is 4. The molecule has 6 heteroatoms. The van der Waals surface area contributed by atoms with Gasteiger partial charge in [-0.3, -0.25) is 4.79 Å². The average Bonchev–Trinajstić information content (AvgIpc) is 2.44. The summed E-state index contributed by atoms with van der Waals surface area (Å²) < 4.78 is 6.36. The van der Waals surface area contributed by atoms with Crippen molar-refractivity contribution in [3.05, 3.63) is 53.3 Å². The van der Waals surface area contributed by atoms with Gasteiger partial charge in [0.2, 0.25) is 5.91 Å². The van der Waals surface area contributed by atoms with E-state index in [-0.39, 0.29) is 11.9 Å². The molecule has 0 aliphatic rings. The molecule has 5 nitrogen and oxygen atoms in total. The number of carbonyl (C=O) groups is 1. The zero-order valence-electron chi connectivity index (χ0n) is 10.8. The summed E-state index contributed by atoms with van der Waals surface area (Å²) in [6.07, 6.45) is 4.43. The van der Waals surface area contributed by atoms with Crippen LogP contribution in [0.1, 0.15) is 5.56 Å². The van der Waals surface area contributed by atoms with Crippen molar-refractivity contribution in [2.45, 2.75) is 6.92 Å². The summed E-state index contributed by atoms with van der Waals surface area (Å²) in [5, 5.41) is 2.68. The van der Waals surface area contributed by atoms with Crippen molar-refractivity contribution in [3.63, 3.8) is 0 Å². The van der Waals surface area contributed by atoms with Gasteiger partial charge in [0.15, 0.2) is 0 Å². The fourth-order valence-electron chi connectivity index (χ4n) is 1.49. The molecule has 0 aliphatic heterocycles. The first-order chi connectivity index (χ1) is 9.58. The molecule has 1 amide bonds. The Morgan fingerprint density at radius 1 is 1.40 bits per heavy atom. The van der Waals surface area contributed by atoms with Crippen LogP contribution >= 0.6 is 15.9 Å². The monoisotopic (exact) mass is 333 g/mol. The van der Waals surface area contributed by atoms with Crippen molar-refractivity contribution in [1.82, 2.24) is 9.97 Å². The number of halogens is 1. The van der Waals surface area contributed by atoms with Gasteiger partial charge in [0.05, 0.1) is 4.47 Å². The van der Waals surface area contributed by atoms with E-state index in [1.54, 1.807) is 30.6 Å². The molecule has 0 saturated carbocycles. The van der Waals surface area contributed by atoms with Crippen LogP contribution in [0.2, 0.25) is 0 Å². The Morgan fingerprint density at radius 3 is 2.70 bits per heavy atom. The predicted octanol–water partition coefficient (Wildman–Crippen LogP) is 3.46. The Bertz CT molecular complexity index is 641. The molecule has 1 N–H and O–H groups in total. The SMILES string of the molecule is C=CC(=O)Nc1ccc(Oc2ncc(Br)cn2)c(C)c1. The maximum atomic E-state index is 11.2. The highest BCUT2D eigenvalue weighted by atomic mass is 79.9. The lowest BCUT2D eigenvalue weighted by molar-refractivity contribution is -0.111. The maximum absolute atomic E-state index is 11.2. The standard InChI is InChI=1S/C14H12BrN3O2/c1-3-13(19)18-11-4-5-12(9(2)6-11)20-14-16-7-10(15)8-17-14/h3-8H,1H2,2H3,(H,18,19). The van der Waals surface area contributed by atoms with Crippen LogP contribution in [0, 0.1) is 6.92 Å². The molecule has 1 aromatic carbocycles. The highest BCUT2D eigenvalue weighted by Gasteiger charge is 2.06. The lowest BCUT2D eigenvalue weighted by Crippen LogP contribution is -2.07. The number of carbonyl (C=O) groups excluding carboxylic acids is 1. The molecule has 0 unspecified atom stereocenters. The van der Waals surface area contributed by atoms with E-state index in [1.807, 2.05) is 6.92 Å². The molecular weight excluding hydrogens is 322 g/mol. The van der Waals surface area contributed by atoms with Gasteiger partial charge in [-0.1, -0.05) is 6.58 Å². The first-order valence-corrected chi connectivity index (χ1v) is 6.57. The van der Waals surface area contributed by atoms with Crippen LogP contribution in [-0.2, 0) is 4.79 Å². The fraction of sp³-hybridized carbons (Fsp3) is 0.0714. The van der Waals surface area contributed by atoms with E-state index < -0.39 is 0 Å². The summed E-state index contributed by atoms with van der Waals surface area (Å²) >= 11 is 3.26. The summed E-state index contributed by atoms with van der Waals surface area (Å²) in [6.45, 7) is 5.28. The number of aryl methyl sites for hydroxylation is 1. The van der Waals surface area contributed by atoms with Crippen LogP contribution in [0.15, 0.2) is 47.7 Å². The number of aromatic nitrogens is 2. The van der Waals surface area contributed by atoms with E-state index in [1.165, 1.54) is 6.08 Å². The van der Waals surface area contributed by atoms with Gasteiger partial charge in [-0.15, -0.1) is 0 Å². The van der Waals surface area contributed by atoms with E-state index in [2.05, 4.69) is 37.8 Å². The zero-order chi connectivity index (χ0) is 14.5. The smallest absolute Gasteiger partial charge is 0.321 e. The molecule has 0 saturated heterocycles. The number of hydrogen-bond donors (Lipinski definition) is 1. The summed E-state index contributed by atoms with van der Waals surface area (Å²) in [6, 6.07) is 5.55. The second-order valence-corrected chi connectivity index (χ2v) is 4.88. The second-order valence-electron chi connectivity index (χ2n) is 3.96. The largest absolute Gasteiger partial charge is 0.424 e. The van der Waals surface area contributed by atoms with Crippen LogP contribution in [0.5, 0.6) is 11.8 Å². The molecule has 0 atom stereocenters. The third-order valence-corrected chi connectivity index (χ3v) is 2.84. The van der Waals surface area contributed by atoms with Gasteiger partial charge in [0.1, 0.15) is 5.75 Å². The van der Waals surface area contributed by atoms with Crippen molar-refractivity contribution in [1.29, 1.82) is 0 Å². The van der Waals surface area contributed by atoms with E-state index in [0.717, 1.165) is 10.0 Å². The van der Waals surface area contributed by atoms with Crippen LogP contribution in [0.4, 0.5) is 5.69 Å². The van der Waals surface area contributed by atoms with Crippen LogP contribution < -0.4 is 10.1 Å². The van der Waals surface area contributed by atoms with Crippen LogP contribution in [0.25, 0.3) is 0 Å². The lowest BCUT2D eigenvalue weighted by Gasteiger charge is -2.09. The molecule has 0 fully saturated rings. The van der Waals surface area contributed by atoms with Crippen molar-refractivity contribution in [3.8, 4) is 11.8 Å². The van der Waals surface area contributed by atoms with E-state index >= 15 is 0 Å². The van der Waals surface area contributed by atoms with Crippen molar-refractivity contribution in [2.75, 3.05) is 5.32 Å². The summed E-state index contributed by atoms with van der Waals surface area (Å²) in [7, 11) is 0. The number of anilines is 1. The number of rotatable bonds is 4. The zero-order valence-corrected chi connectivity index (χ0v) is 12.3. The normalized spacial score (nSPS) is 9.90. The number of nitrogens with one attached hydrogen (secondary N) is 1. The van der Waals surface area contributed by atoms with Crippen molar-refractivity contribution < 1.29 is 9.53 Å². The summed E-state index contributed by atoms with van der Waals surface area (Å²) in [5.41, 5.74) is 1.54. The van der Waals surface area contributed by atoms with Gasteiger partial charge >= 0.3 is 6.01 Å². The third-order valence-electron chi connectivity index (χ3n) is 2.43. The number of ether oxygens (including phenoxy) is 1. The third kappa shape index (κ3) is 3.64. The molecule has 0 radical (unpaired) electrons. The van der Waals surface area contributed by atoms with Crippen molar-refractivity contribution in [2.24, 2.45) is 0 Å². The van der Waals surface area contributed by atoms with Gasteiger partial charge in [-0.05, 0) is 52.7 Å². The van der Waals surface area contributed by atoms with E-state index in [4.69, 9.17) is 4.74 Å². The van der Waals surface area contributed by atoms with Gasteiger partial charge in [0, 0.05) is 18.1 Å². The minimum Gasteiger partial charge on any atom is -0.424 e. The highest BCUT2D eigenvalue weighted by Crippen LogP contribution is 2.25. The Balaban J connectivity index is 2.15. The lowest BCUT2D eigenvalue weighted by atomic mass is 10.2. The van der Waals surface area contributed by atoms with Gasteiger partial charge in [-0.2, -0.15) is 0 Å². The first kappa shape index (κ1) is 14.2. The molecule has 0 bridgehead atoms. The first-order valence-electron chi connectivity index (χ1n) is 5.78. The Hall–Kier alpha value is -2.21. The minimum atomic E-state index is -0.255. The minimum absolute atomic E-state index is 0.255. The quantitative estimate of drug-likeness (QED) is 0.870. The Kier molecular flexibility index (Phi) is 4.47. The number of amides is 1. The van der Waals surface area contributed by atoms with E-state index in [0.29, 0.717) is 11.4 Å². The van der Waals surface area contributed by atoms with Crippen LogP contribution in [0.3, 0.4) is 0 Å². The fourth-order valence-corrected chi connectivity index (χ4v) is 1.69. The number of benzene rings is 1. The topological polar surface area (TPSA) is 64.1 Å². The van der Waals surface area contributed by atoms with Crippen LogP contribution in [-0.4, -0.2) is 15.9 Å². The molecule has 0 spiro atoms. The van der Waals surface area contributed by atoms with Crippen molar-refractivity contribution >= 4 is 27.5 Å². The summed E-state index contributed by atoms with van der Waals surface area (Å²) in [4.78, 5) is 19.3. The second kappa shape index (κ2) is 6.29. The molecule has 2 aromatic rings. The summed E-state index contributed by atoms with van der Waals surface area (Å²) in [5.74, 6) is 0.373.